The summed E-state index contributed by atoms with van der Waals surface area (Å²) in [7, 11) is 0. The van der Waals surface area contributed by atoms with Gasteiger partial charge >= 0.3 is 0 Å². The Morgan fingerprint density at radius 2 is 2.00 bits per heavy atom. The molecule has 2 rings (SSSR count). The van der Waals surface area contributed by atoms with Crippen molar-refractivity contribution in [3.8, 4) is 0 Å². The van der Waals surface area contributed by atoms with E-state index >= 15 is 0 Å². The van der Waals surface area contributed by atoms with Gasteiger partial charge in [-0.1, -0.05) is 37.1 Å². The van der Waals surface area contributed by atoms with E-state index in [4.69, 9.17) is 11.6 Å². The smallest absolute Gasteiger partial charge is 0.138 e. The molecule has 0 saturated carbocycles. The Morgan fingerprint density at radius 3 is 2.74 bits per heavy atom. The molecule has 0 aliphatic carbocycles. The molecule has 0 unspecified atom stereocenters. The molecule has 1 heterocycles. The van der Waals surface area contributed by atoms with E-state index in [2.05, 4.69) is 42.1 Å². The molecule has 2 aromatic rings. The molecule has 3 nitrogen and oxygen atoms in total. The summed E-state index contributed by atoms with van der Waals surface area (Å²) in [5, 5.41) is 3.90. The third-order valence-corrected chi connectivity index (χ3v) is 3.58. The topological polar surface area (TPSA) is 37.8 Å². The molecule has 19 heavy (non-hydrogen) atoms. The summed E-state index contributed by atoms with van der Waals surface area (Å²) in [5.41, 5.74) is 4.52. The van der Waals surface area contributed by atoms with Crippen LogP contribution in [0.4, 0.5) is 11.5 Å². The molecular weight excluding hydrogens is 258 g/mol. The Bertz CT molecular complexity index is 582. The molecule has 4 heteroatoms. The van der Waals surface area contributed by atoms with E-state index in [1.165, 1.54) is 17.5 Å². The van der Waals surface area contributed by atoms with E-state index in [-0.39, 0.29) is 0 Å². The van der Waals surface area contributed by atoms with Crippen LogP contribution in [-0.2, 0) is 6.42 Å². The molecule has 100 valence electrons. The van der Waals surface area contributed by atoms with Crippen LogP contribution in [0.25, 0.3) is 0 Å². The lowest BCUT2D eigenvalue weighted by Gasteiger charge is -2.14. The fourth-order valence-corrected chi connectivity index (χ4v) is 2.21. The number of aryl methyl sites for hydroxylation is 1. The highest BCUT2D eigenvalue weighted by atomic mass is 35.5. The second-order valence-electron chi connectivity index (χ2n) is 4.61. The van der Waals surface area contributed by atoms with E-state index in [0.717, 1.165) is 29.9 Å². The van der Waals surface area contributed by atoms with Crippen molar-refractivity contribution in [2.45, 2.75) is 33.6 Å². The molecule has 0 bridgehead atoms. The first-order valence-electron chi connectivity index (χ1n) is 6.46. The molecule has 0 aliphatic heterocycles. The second kappa shape index (κ2) is 6.02. The van der Waals surface area contributed by atoms with Crippen LogP contribution < -0.4 is 5.32 Å². The zero-order chi connectivity index (χ0) is 13.8. The lowest BCUT2D eigenvalue weighted by Crippen LogP contribution is -2.03. The number of nitrogens with zero attached hydrogens (tertiary/aromatic N) is 2. The minimum absolute atomic E-state index is 0.532. The van der Waals surface area contributed by atoms with Gasteiger partial charge in [0, 0.05) is 11.3 Å². The Balaban J connectivity index is 2.38. The van der Waals surface area contributed by atoms with Crippen molar-refractivity contribution in [3.05, 3.63) is 46.4 Å². The highest BCUT2D eigenvalue weighted by Crippen LogP contribution is 2.27. The van der Waals surface area contributed by atoms with Crippen LogP contribution in [0.1, 0.15) is 30.0 Å². The van der Waals surface area contributed by atoms with Gasteiger partial charge in [-0.15, -0.1) is 0 Å². The van der Waals surface area contributed by atoms with Gasteiger partial charge in [0.2, 0.25) is 0 Å². The van der Waals surface area contributed by atoms with Crippen LogP contribution in [0, 0.1) is 13.8 Å². The van der Waals surface area contributed by atoms with Gasteiger partial charge in [-0.05, 0) is 37.5 Å². The number of benzene rings is 1. The first-order chi connectivity index (χ1) is 9.13. The highest BCUT2D eigenvalue weighted by molar-refractivity contribution is 6.30. The quantitative estimate of drug-likeness (QED) is 0.838. The van der Waals surface area contributed by atoms with Gasteiger partial charge in [0.25, 0.3) is 0 Å². The summed E-state index contributed by atoms with van der Waals surface area (Å²) in [5.74, 6) is 0.801. The molecule has 0 atom stereocenters. The molecule has 1 aromatic carbocycles. The van der Waals surface area contributed by atoms with E-state index in [1.807, 2.05) is 12.1 Å². The average Bonchev–Trinajstić information content (AvgIpc) is 2.39. The number of anilines is 2. The second-order valence-corrected chi connectivity index (χ2v) is 4.97. The van der Waals surface area contributed by atoms with Crippen molar-refractivity contribution < 1.29 is 0 Å². The Labute approximate surface area is 119 Å². The number of hydrogen-bond donors (Lipinski definition) is 1. The summed E-state index contributed by atoms with van der Waals surface area (Å²) in [6.07, 6.45) is 3.37. The summed E-state index contributed by atoms with van der Waals surface area (Å²) in [4.78, 5) is 8.37. The van der Waals surface area contributed by atoms with Gasteiger partial charge in [-0.2, -0.15) is 0 Å². The zero-order valence-corrected chi connectivity index (χ0v) is 12.3. The van der Waals surface area contributed by atoms with Crippen LogP contribution in [0.15, 0.2) is 24.5 Å². The van der Waals surface area contributed by atoms with Crippen molar-refractivity contribution in [1.82, 2.24) is 9.97 Å². The van der Waals surface area contributed by atoms with E-state index in [1.54, 1.807) is 0 Å². The fraction of sp³-hybridized carbons (Fsp3) is 0.333. The van der Waals surface area contributed by atoms with Gasteiger partial charge in [-0.3, -0.25) is 0 Å². The van der Waals surface area contributed by atoms with Crippen molar-refractivity contribution in [3.63, 3.8) is 0 Å². The van der Waals surface area contributed by atoms with Gasteiger partial charge in [0.05, 0.1) is 0 Å². The van der Waals surface area contributed by atoms with Gasteiger partial charge in [-0.25, -0.2) is 9.97 Å². The maximum atomic E-state index is 6.15. The highest BCUT2D eigenvalue weighted by Gasteiger charge is 2.10. The van der Waals surface area contributed by atoms with Gasteiger partial charge < -0.3 is 5.32 Å². The predicted molar refractivity (Wildman–Crippen MR) is 80.2 cm³/mol. The van der Waals surface area contributed by atoms with Crippen molar-refractivity contribution in [1.29, 1.82) is 0 Å². The average molecular weight is 276 g/mol. The Morgan fingerprint density at radius 1 is 1.21 bits per heavy atom. The Kier molecular flexibility index (Phi) is 4.38. The number of hydrogen-bond acceptors (Lipinski definition) is 3. The normalized spacial score (nSPS) is 10.5. The summed E-state index contributed by atoms with van der Waals surface area (Å²) >= 11 is 6.15. The summed E-state index contributed by atoms with van der Waals surface area (Å²) in [6.45, 7) is 6.31. The van der Waals surface area contributed by atoms with Crippen LogP contribution in [0.2, 0.25) is 5.15 Å². The third kappa shape index (κ3) is 3.04. The molecule has 0 aliphatic rings. The lowest BCUT2D eigenvalue weighted by atomic mass is 10.1. The van der Waals surface area contributed by atoms with Crippen LogP contribution in [-0.4, -0.2) is 9.97 Å². The molecule has 1 N–H and O–H groups in total. The monoisotopic (exact) mass is 275 g/mol. The maximum Gasteiger partial charge on any atom is 0.138 e. The van der Waals surface area contributed by atoms with E-state index in [0.29, 0.717) is 5.15 Å². The Hall–Kier alpha value is -1.61. The molecule has 0 saturated heterocycles. The van der Waals surface area contributed by atoms with E-state index < -0.39 is 0 Å². The number of nitrogens with one attached hydrogen (secondary N) is 1. The SMILES string of the molecule is CCCc1c(Cl)ncnc1Nc1cccc(C)c1C. The fourth-order valence-electron chi connectivity index (χ4n) is 1.98. The molecule has 0 radical (unpaired) electrons. The molecule has 0 amide bonds. The molecule has 1 aromatic heterocycles. The minimum atomic E-state index is 0.532. The number of aromatic nitrogens is 2. The molecule has 0 spiro atoms. The van der Waals surface area contributed by atoms with Gasteiger partial charge in [0.15, 0.2) is 0 Å². The zero-order valence-electron chi connectivity index (χ0n) is 11.5. The van der Waals surface area contributed by atoms with E-state index in [9.17, 15) is 0 Å². The van der Waals surface area contributed by atoms with Crippen molar-refractivity contribution in [2.75, 3.05) is 5.32 Å². The summed E-state index contributed by atoms with van der Waals surface area (Å²) < 4.78 is 0. The predicted octanol–water partition coefficient (Wildman–Crippen LogP) is 4.44. The maximum absolute atomic E-state index is 6.15. The standard InChI is InChI=1S/C15H18ClN3/c1-4-6-12-14(16)17-9-18-15(12)19-13-8-5-7-10(2)11(13)3/h5,7-9H,4,6H2,1-3H3,(H,17,18,19). The van der Waals surface area contributed by atoms with Crippen LogP contribution >= 0.6 is 11.6 Å². The minimum Gasteiger partial charge on any atom is -0.340 e. The lowest BCUT2D eigenvalue weighted by molar-refractivity contribution is 0.904. The number of rotatable bonds is 4. The largest absolute Gasteiger partial charge is 0.340 e. The first kappa shape index (κ1) is 13.8. The van der Waals surface area contributed by atoms with Crippen molar-refractivity contribution >= 4 is 23.1 Å². The van der Waals surface area contributed by atoms with Crippen LogP contribution in [0.3, 0.4) is 0 Å². The first-order valence-corrected chi connectivity index (χ1v) is 6.84. The van der Waals surface area contributed by atoms with Crippen molar-refractivity contribution in [2.24, 2.45) is 0 Å². The third-order valence-electron chi connectivity index (χ3n) is 3.25. The van der Waals surface area contributed by atoms with Gasteiger partial charge in [0.1, 0.15) is 17.3 Å². The summed E-state index contributed by atoms with van der Waals surface area (Å²) in [6, 6.07) is 6.18. The molecule has 0 fully saturated rings. The van der Waals surface area contributed by atoms with Crippen LogP contribution in [0.5, 0.6) is 0 Å². The molecular formula is C15H18ClN3. The number of halogens is 1.